The molecule has 1 aromatic heterocycles. The molecule has 3 N–H and O–H groups in total. The van der Waals surface area contributed by atoms with Crippen molar-refractivity contribution in [2.75, 3.05) is 6.54 Å². The van der Waals surface area contributed by atoms with E-state index in [1.54, 1.807) is 6.92 Å². The number of benzene rings is 1. The number of halogens is 2. The summed E-state index contributed by atoms with van der Waals surface area (Å²) in [5.41, 5.74) is 0.198. The number of hydrogen-bond donors (Lipinski definition) is 3. The Labute approximate surface area is 132 Å². The fraction of sp³-hybridized carbons (Fsp3) is 0.312. The van der Waals surface area contributed by atoms with Gasteiger partial charge in [0.05, 0.1) is 12.1 Å². The van der Waals surface area contributed by atoms with Crippen LogP contribution in [-0.2, 0) is 6.54 Å². The molecule has 0 saturated heterocycles. The fourth-order valence-corrected chi connectivity index (χ4v) is 2.14. The van der Waals surface area contributed by atoms with Gasteiger partial charge in [0.15, 0.2) is 11.6 Å². The Morgan fingerprint density at radius 3 is 2.61 bits per heavy atom. The van der Waals surface area contributed by atoms with Gasteiger partial charge in [0, 0.05) is 25.5 Å². The number of carbonyl (C=O) groups is 1. The number of amides is 2. The molecule has 1 aromatic carbocycles. The van der Waals surface area contributed by atoms with Crippen LogP contribution >= 0.6 is 0 Å². The van der Waals surface area contributed by atoms with E-state index >= 15 is 0 Å². The summed E-state index contributed by atoms with van der Waals surface area (Å²) in [6.07, 6.45) is 2.63. The molecule has 23 heavy (non-hydrogen) atoms. The molecule has 2 aromatic rings. The number of aromatic nitrogens is 1. The summed E-state index contributed by atoms with van der Waals surface area (Å²) >= 11 is 0. The van der Waals surface area contributed by atoms with Crippen LogP contribution in [0.4, 0.5) is 13.6 Å². The van der Waals surface area contributed by atoms with E-state index in [0.29, 0.717) is 13.1 Å². The van der Waals surface area contributed by atoms with Crippen molar-refractivity contribution in [3.05, 3.63) is 59.9 Å². The molecule has 0 aliphatic rings. The molecule has 0 radical (unpaired) electrons. The molecule has 0 spiro atoms. The second kappa shape index (κ2) is 7.73. The van der Waals surface area contributed by atoms with Crippen molar-refractivity contribution in [1.82, 2.24) is 15.2 Å². The van der Waals surface area contributed by atoms with Crippen LogP contribution in [-0.4, -0.2) is 28.3 Å². The Morgan fingerprint density at radius 1 is 1.26 bits per heavy atom. The first-order valence-corrected chi connectivity index (χ1v) is 7.25. The summed E-state index contributed by atoms with van der Waals surface area (Å²) in [6.45, 7) is 2.63. The number of urea groups is 1. The molecule has 0 fully saturated rings. The van der Waals surface area contributed by atoms with Crippen LogP contribution in [0, 0.1) is 11.6 Å². The zero-order valence-corrected chi connectivity index (χ0v) is 12.7. The Kier molecular flexibility index (Phi) is 5.70. The quantitative estimate of drug-likeness (QED) is 0.763. The Morgan fingerprint density at radius 2 is 1.96 bits per heavy atom. The summed E-state index contributed by atoms with van der Waals surface area (Å²) < 4.78 is 28.0. The van der Waals surface area contributed by atoms with Gasteiger partial charge in [0.1, 0.15) is 0 Å². The van der Waals surface area contributed by atoms with E-state index in [4.69, 9.17) is 0 Å². The van der Waals surface area contributed by atoms with E-state index in [1.165, 1.54) is 6.07 Å². The summed E-state index contributed by atoms with van der Waals surface area (Å²) in [5.74, 6) is -2.02. The highest BCUT2D eigenvalue weighted by Gasteiger charge is 2.19. The molecule has 2 rings (SSSR count). The second-order valence-corrected chi connectivity index (χ2v) is 5.23. The lowest BCUT2D eigenvalue weighted by atomic mass is 10.0. The highest BCUT2D eigenvalue weighted by molar-refractivity contribution is 5.74. The molecule has 2 unspecified atom stereocenters. The number of rotatable bonds is 6. The van der Waals surface area contributed by atoms with E-state index < -0.39 is 29.8 Å². The Bertz CT molecular complexity index is 647. The normalized spacial score (nSPS) is 13.4. The Hall–Kier alpha value is -2.41. The highest BCUT2D eigenvalue weighted by Crippen LogP contribution is 2.19. The smallest absolute Gasteiger partial charge is 0.315 e. The molecular weight excluding hydrogens is 304 g/mol. The second-order valence-electron chi connectivity index (χ2n) is 5.23. The third kappa shape index (κ3) is 4.79. The van der Waals surface area contributed by atoms with E-state index in [0.717, 1.165) is 12.1 Å². The van der Waals surface area contributed by atoms with Gasteiger partial charge in [-0.15, -0.1) is 0 Å². The van der Waals surface area contributed by atoms with Crippen molar-refractivity contribution in [1.29, 1.82) is 0 Å². The van der Waals surface area contributed by atoms with Crippen molar-refractivity contribution in [3.63, 3.8) is 0 Å². The number of aliphatic hydroxyl groups excluding tert-OH is 1. The van der Waals surface area contributed by atoms with Crippen molar-refractivity contribution >= 4 is 6.03 Å². The van der Waals surface area contributed by atoms with Gasteiger partial charge in [-0.2, -0.15) is 0 Å². The minimum Gasteiger partial charge on any atom is -0.386 e. The topological polar surface area (TPSA) is 66.3 Å². The van der Waals surface area contributed by atoms with Crippen LogP contribution < -0.4 is 10.6 Å². The molecule has 0 aliphatic heterocycles. The highest BCUT2D eigenvalue weighted by atomic mass is 19.2. The number of nitrogens with one attached hydrogen (secondary N) is 2. The Balaban J connectivity index is 1.81. The van der Waals surface area contributed by atoms with Gasteiger partial charge in [-0.25, -0.2) is 13.6 Å². The third-order valence-electron chi connectivity index (χ3n) is 3.44. The standard InChI is InChI=1S/C16H19F2N3O2/c1-11(15(22)12-4-5-13(17)14(18)10-12)20-16(23)19-6-9-21-7-2-3-8-21/h2-5,7-8,10-11,15,22H,6,9H2,1H3,(H2,19,20,23). The van der Waals surface area contributed by atoms with Crippen LogP contribution in [0.15, 0.2) is 42.7 Å². The van der Waals surface area contributed by atoms with Crippen molar-refractivity contribution in [2.24, 2.45) is 0 Å². The predicted molar refractivity (Wildman–Crippen MR) is 81.7 cm³/mol. The molecule has 0 bridgehead atoms. The van der Waals surface area contributed by atoms with Crippen LogP contribution in [0.1, 0.15) is 18.6 Å². The molecule has 124 valence electrons. The first-order chi connectivity index (χ1) is 11.0. The van der Waals surface area contributed by atoms with E-state index in [-0.39, 0.29) is 5.56 Å². The monoisotopic (exact) mass is 323 g/mol. The third-order valence-corrected chi connectivity index (χ3v) is 3.44. The lowest BCUT2D eigenvalue weighted by Gasteiger charge is -2.21. The first-order valence-electron chi connectivity index (χ1n) is 7.25. The molecule has 0 saturated carbocycles. The average molecular weight is 323 g/mol. The zero-order valence-electron chi connectivity index (χ0n) is 12.7. The van der Waals surface area contributed by atoms with Gasteiger partial charge in [0.25, 0.3) is 0 Å². The number of aliphatic hydroxyl groups is 1. The maximum Gasteiger partial charge on any atom is 0.315 e. The minimum atomic E-state index is -1.14. The molecule has 0 aliphatic carbocycles. The van der Waals surface area contributed by atoms with Gasteiger partial charge in [-0.1, -0.05) is 6.07 Å². The average Bonchev–Trinajstić information content (AvgIpc) is 3.02. The molecule has 2 amide bonds. The number of nitrogens with zero attached hydrogens (tertiary/aromatic N) is 1. The van der Waals surface area contributed by atoms with Gasteiger partial charge in [-0.05, 0) is 36.8 Å². The van der Waals surface area contributed by atoms with Crippen molar-refractivity contribution < 1.29 is 18.7 Å². The van der Waals surface area contributed by atoms with Gasteiger partial charge in [-0.3, -0.25) is 0 Å². The molecule has 5 nitrogen and oxygen atoms in total. The number of carbonyl (C=O) groups excluding carboxylic acids is 1. The molecule has 2 atom stereocenters. The van der Waals surface area contributed by atoms with Gasteiger partial charge < -0.3 is 20.3 Å². The van der Waals surface area contributed by atoms with E-state index in [9.17, 15) is 18.7 Å². The lowest BCUT2D eigenvalue weighted by Crippen LogP contribution is -2.44. The van der Waals surface area contributed by atoms with E-state index in [2.05, 4.69) is 10.6 Å². The summed E-state index contributed by atoms with van der Waals surface area (Å²) in [5, 5.41) is 15.3. The van der Waals surface area contributed by atoms with Crippen LogP contribution in [0.25, 0.3) is 0 Å². The SMILES string of the molecule is CC(NC(=O)NCCn1cccc1)C(O)c1ccc(F)c(F)c1. The van der Waals surface area contributed by atoms with Crippen LogP contribution in [0.2, 0.25) is 0 Å². The van der Waals surface area contributed by atoms with Crippen molar-refractivity contribution in [2.45, 2.75) is 25.6 Å². The summed E-state index contributed by atoms with van der Waals surface area (Å²) in [4.78, 5) is 11.8. The fourth-order valence-electron chi connectivity index (χ4n) is 2.14. The lowest BCUT2D eigenvalue weighted by molar-refractivity contribution is 0.137. The molecule has 7 heteroatoms. The maximum atomic E-state index is 13.2. The largest absolute Gasteiger partial charge is 0.386 e. The maximum absolute atomic E-state index is 13.2. The van der Waals surface area contributed by atoms with E-state index in [1.807, 2.05) is 29.1 Å². The first kappa shape index (κ1) is 17.0. The molecule has 1 heterocycles. The predicted octanol–water partition coefficient (Wildman–Crippen LogP) is 2.19. The number of hydrogen-bond acceptors (Lipinski definition) is 2. The summed E-state index contributed by atoms with van der Waals surface area (Å²) in [7, 11) is 0. The van der Waals surface area contributed by atoms with Crippen molar-refractivity contribution in [3.8, 4) is 0 Å². The van der Waals surface area contributed by atoms with Gasteiger partial charge >= 0.3 is 6.03 Å². The summed E-state index contributed by atoms with van der Waals surface area (Å²) in [6, 6.07) is 5.82. The zero-order chi connectivity index (χ0) is 16.8. The van der Waals surface area contributed by atoms with Crippen LogP contribution in [0.3, 0.4) is 0 Å². The van der Waals surface area contributed by atoms with Crippen LogP contribution in [0.5, 0.6) is 0 Å². The van der Waals surface area contributed by atoms with Gasteiger partial charge in [0.2, 0.25) is 0 Å². The minimum absolute atomic E-state index is 0.198. The molecular formula is C16H19F2N3O2.